The molecule has 111 heavy (non-hydrogen) atoms. The molecule has 0 aliphatic carbocycles. The first-order valence-electron chi connectivity index (χ1n) is 42.1. The molecule has 3 aliphatic heterocycles. The molecule has 33 heteroatoms. The van der Waals surface area contributed by atoms with Crippen LogP contribution in [0.25, 0.3) is 49.9 Å². The lowest BCUT2D eigenvalue weighted by Gasteiger charge is -2.35. The van der Waals surface area contributed by atoms with E-state index in [0.29, 0.717) is 66.9 Å². The summed E-state index contributed by atoms with van der Waals surface area (Å²) in [6.45, 7) is -12.1. The Morgan fingerprint density at radius 3 is 0.910 bits per heavy atom. The Morgan fingerprint density at radius 1 is 0.324 bits per heavy atom. The summed E-state index contributed by atoms with van der Waals surface area (Å²) in [6.07, 6.45) is 27.9. The van der Waals surface area contributed by atoms with Gasteiger partial charge < -0.3 is 46.6 Å². The van der Waals surface area contributed by atoms with Gasteiger partial charge in [-0.05, 0) is 92.1 Å². The predicted octanol–water partition coefficient (Wildman–Crippen LogP) is 7.82. The van der Waals surface area contributed by atoms with E-state index >= 15 is 0 Å². The van der Waals surface area contributed by atoms with Crippen LogP contribution >= 0.6 is 0 Å². The number of anilines is 6. The minimum absolute atomic E-state index is 0.118. The summed E-state index contributed by atoms with van der Waals surface area (Å²) in [6, 6.07) is 22.7. The van der Waals surface area contributed by atoms with E-state index in [-0.39, 0.29) is 80.4 Å². The predicted molar refractivity (Wildman–Crippen MR) is 416 cm³/mol. The number of nitrogens with two attached hydrogens (primary N) is 3. The van der Waals surface area contributed by atoms with Gasteiger partial charge in [-0.25, -0.2) is 71.6 Å². The first-order chi connectivity index (χ1) is 59.3. The Bertz CT molecular complexity index is 6430. The minimum atomic E-state index is -2.43. The van der Waals surface area contributed by atoms with E-state index in [1.807, 2.05) is 38.8 Å². The van der Waals surface area contributed by atoms with Gasteiger partial charge in [0.15, 0.2) is 17.5 Å². The van der Waals surface area contributed by atoms with Gasteiger partial charge in [0.05, 0.1) is 51.7 Å². The van der Waals surface area contributed by atoms with Crippen LogP contribution in [0.5, 0.6) is 0 Å². The largest absolute Gasteiger partial charge is 0.351 e. The molecule has 3 saturated heterocycles. The highest BCUT2D eigenvalue weighted by molar-refractivity contribution is 5.80. The number of hydrogen-bond donors (Lipinski definition) is 3. The van der Waals surface area contributed by atoms with Gasteiger partial charge >= 0.3 is 0 Å². The van der Waals surface area contributed by atoms with Gasteiger partial charge in [-0.1, -0.05) is 36.4 Å². The minimum Gasteiger partial charge on any atom is -0.351 e. The third-order valence-electron chi connectivity index (χ3n) is 19.2. The highest BCUT2D eigenvalue weighted by Crippen LogP contribution is 2.35. The van der Waals surface area contributed by atoms with Crippen LogP contribution in [0, 0.1) is 17.5 Å². The lowest BCUT2D eigenvalue weighted by molar-refractivity contribution is 0.585. The Balaban J connectivity index is 0.000000139. The standard InChI is InChI=1S/3C26H27FN10/c3*1-26(28,20-3-5-22(27)6-4-20)21-13-29-25(30-14-21)36-9-7-35(8-10-36)24-23-11-18(16-37(23)33-17-31-24)19-12-32-34(2)15-19/h3*3-6,11-17H,7-10,28H2,1-2H3/t3*26-/m111/s1/i2D3,9D2,10D2;9D2,10D2;7D2,8D2. The average molecular weight is 1510 g/mol. The normalized spacial score (nSPS) is 20.6. The first-order valence-corrected chi connectivity index (χ1v) is 34.6. The number of hydrogen-bond acceptors (Lipinski definition) is 24. The molecule has 18 rings (SSSR count). The smallest absolute Gasteiger partial charge is 0.225 e. The zero-order valence-electron chi connectivity index (χ0n) is 75.2. The zero-order valence-corrected chi connectivity index (χ0v) is 60.2. The van der Waals surface area contributed by atoms with Crippen LogP contribution in [0.3, 0.4) is 0 Å². The second-order valence-electron chi connectivity index (χ2n) is 26.9. The summed E-state index contributed by atoms with van der Waals surface area (Å²) in [7, 11) is 3.64. The van der Waals surface area contributed by atoms with Crippen LogP contribution in [-0.2, 0) is 37.7 Å². The molecule has 0 bridgehead atoms. The molecule has 3 atom stereocenters. The molecule has 3 aromatic carbocycles. The second kappa shape index (κ2) is 29.8. The van der Waals surface area contributed by atoms with Crippen molar-refractivity contribution in [1.82, 2.24) is 103 Å². The molecule has 0 saturated carbocycles. The van der Waals surface area contributed by atoms with Crippen LogP contribution in [0.2, 0.25) is 0 Å². The molecule has 0 amide bonds. The van der Waals surface area contributed by atoms with Crippen molar-refractivity contribution >= 4 is 51.8 Å². The van der Waals surface area contributed by atoms with E-state index in [1.54, 1.807) is 117 Å². The summed E-state index contributed by atoms with van der Waals surface area (Å²) in [5.41, 5.74) is 26.0. The van der Waals surface area contributed by atoms with Crippen LogP contribution < -0.4 is 46.6 Å². The van der Waals surface area contributed by atoms with Gasteiger partial charge in [-0.15, -0.1) is 0 Å². The summed E-state index contributed by atoms with van der Waals surface area (Å²) in [4.78, 5) is 46.5. The first kappa shape index (κ1) is 56.2. The second-order valence-corrected chi connectivity index (χ2v) is 26.9. The lowest BCUT2D eigenvalue weighted by Crippen LogP contribution is -2.47. The fourth-order valence-electron chi connectivity index (χ4n) is 12.7. The molecule has 15 aromatic rings. The van der Waals surface area contributed by atoms with E-state index in [0.717, 1.165) is 41.6 Å². The molecule has 15 heterocycles. The number of aryl methyl sites for hydroxylation is 3. The molecule has 30 nitrogen and oxygen atoms in total. The third kappa shape index (κ3) is 14.9. The molecule has 0 radical (unpaired) electrons. The number of rotatable bonds is 15. The highest BCUT2D eigenvalue weighted by atomic mass is 19.1. The number of benzene rings is 3. The van der Waals surface area contributed by atoms with E-state index in [9.17, 15) is 13.2 Å². The van der Waals surface area contributed by atoms with Gasteiger partial charge in [-0.2, -0.15) is 30.6 Å². The molecule has 0 spiro atoms. The zero-order chi connectivity index (χ0) is 90.0. The quantitative estimate of drug-likeness (QED) is 0.0880. The Kier molecular flexibility index (Phi) is 15.1. The van der Waals surface area contributed by atoms with Crippen molar-refractivity contribution in [2.45, 2.75) is 37.4 Å². The molecular formula is C78H81F3N30. The van der Waals surface area contributed by atoms with E-state index < -0.39 is 68.4 Å². The number of nitrogens with zero attached hydrogens (tertiary/aromatic N) is 27. The lowest BCUT2D eigenvalue weighted by atomic mass is 9.87. The SMILES string of the molecule is [2H]C1([2H])CN(c2ncc([C@](C)(N)c3ccc(F)cc3)cn2)CC([2H])([2H])N1c1ncnn2cc(-c3cnn(C)c3)cc12.[2H]C1([2H])CN(c2ncnn3cc(-c4cnn(C([2H])([2H])[2H])c4)cc23)CC([2H])([2H])N1c1ncc([C@](C)(N)c2ccc(F)cc2)cn1.[2H]C1([2H])CN(c2ncnn3cc(-c4cnn(C)c4)cc23)CC([2H])([2H])N1c1ncc([C@](C)(N)c2ccc(F)cc2)cn1. The van der Waals surface area contributed by atoms with Crippen LogP contribution in [0.15, 0.2) is 203 Å². The van der Waals surface area contributed by atoms with Gasteiger partial charge in [0, 0.05) is 228 Å². The van der Waals surface area contributed by atoms with Crippen LogP contribution in [-0.4, -0.2) is 181 Å². The molecule has 12 aromatic heterocycles. The highest BCUT2D eigenvalue weighted by Gasteiger charge is 2.32. The summed E-state index contributed by atoms with van der Waals surface area (Å²) < 4.78 is 178. The molecule has 3 fully saturated rings. The topological polar surface area (TPSA) is 319 Å². The number of aromatic nitrogens is 21. The van der Waals surface area contributed by atoms with Gasteiger partial charge in [-0.3, -0.25) is 14.0 Å². The maximum Gasteiger partial charge on any atom is 0.225 e. The molecule has 6 N–H and O–H groups in total. The fraction of sp³-hybridized carbons (Fsp3) is 0.269. The maximum atomic E-state index is 13.4. The van der Waals surface area contributed by atoms with E-state index in [2.05, 4.69) is 75.4 Å². The summed E-state index contributed by atoms with van der Waals surface area (Å²) >= 11 is 0. The van der Waals surface area contributed by atoms with Crippen molar-refractivity contribution in [3.05, 3.63) is 254 Å². The number of fused-ring (bicyclic) bond motifs is 3. The Hall–Kier alpha value is -13.1. The van der Waals surface area contributed by atoms with Crippen molar-refractivity contribution in [1.29, 1.82) is 0 Å². The number of piperazine rings is 3. The van der Waals surface area contributed by atoms with Gasteiger partial charge in [0.2, 0.25) is 17.8 Å². The Morgan fingerprint density at radius 2 is 0.604 bits per heavy atom. The molecule has 3 aliphatic rings. The monoisotopic (exact) mass is 1510 g/mol. The van der Waals surface area contributed by atoms with Crippen molar-refractivity contribution in [2.75, 3.05) is 108 Å². The van der Waals surface area contributed by atoms with E-state index in [1.165, 1.54) is 119 Å². The van der Waals surface area contributed by atoms with Gasteiger partial charge in [0.1, 0.15) is 53.0 Å². The summed E-state index contributed by atoms with van der Waals surface area (Å²) in [5.74, 6) is -0.461. The van der Waals surface area contributed by atoms with Crippen molar-refractivity contribution in [2.24, 2.45) is 38.3 Å². The fourth-order valence-corrected chi connectivity index (χ4v) is 12.7. The third-order valence-corrected chi connectivity index (χ3v) is 19.2. The van der Waals surface area contributed by atoms with Crippen LogP contribution in [0.1, 0.15) is 74.7 Å². The summed E-state index contributed by atoms with van der Waals surface area (Å²) in [5, 5.41) is 25.1. The number of halogens is 3. The maximum absolute atomic E-state index is 13.4. The van der Waals surface area contributed by atoms with Crippen molar-refractivity contribution in [3.8, 4) is 33.4 Å². The van der Waals surface area contributed by atoms with Gasteiger partial charge in [0.25, 0.3) is 0 Å². The molecule has 564 valence electrons. The van der Waals surface area contributed by atoms with Crippen LogP contribution in [0.4, 0.5) is 48.5 Å². The Labute approximate surface area is 657 Å². The molecule has 0 unspecified atom stereocenters. The van der Waals surface area contributed by atoms with Crippen molar-refractivity contribution < 1.29 is 33.7 Å². The average Bonchev–Trinajstić information content (AvgIpc) is 1.24. The van der Waals surface area contributed by atoms with Crippen molar-refractivity contribution in [3.63, 3.8) is 0 Å². The van der Waals surface area contributed by atoms with E-state index in [4.69, 9.17) is 37.8 Å². The molecular weight excluding hydrogens is 1410 g/mol.